The quantitative estimate of drug-likeness (QED) is 0.00387. The van der Waals surface area contributed by atoms with Crippen LogP contribution >= 0.6 is 58.5 Å². The van der Waals surface area contributed by atoms with Crippen LogP contribution in [0.5, 0.6) is 0 Å². The third kappa shape index (κ3) is 54.1. The Balaban J connectivity index is 0.000000795. The van der Waals surface area contributed by atoms with Crippen LogP contribution < -0.4 is 31.9 Å². The molecule has 0 aromatic carbocycles. The van der Waals surface area contributed by atoms with E-state index < -0.39 is 36.5 Å². The molecule has 0 bridgehead atoms. The van der Waals surface area contributed by atoms with Crippen molar-refractivity contribution in [2.75, 3.05) is 99.1 Å². The number of rotatable bonds is 61. The van der Waals surface area contributed by atoms with Crippen LogP contribution in [0.4, 0.5) is 17.5 Å². The fourth-order valence-corrected chi connectivity index (χ4v) is 13.8. The maximum atomic E-state index is 12.9. The van der Waals surface area contributed by atoms with E-state index in [1.807, 2.05) is 54.5 Å². The third-order valence-corrected chi connectivity index (χ3v) is 19.7. The van der Waals surface area contributed by atoms with Gasteiger partial charge in [-0.15, -0.1) is 35.3 Å². The molecule has 32 heteroatoms. The van der Waals surface area contributed by atoms with Gasteiger partial charge in [0.2, 0.25) is 29.4 Å². The van der Waals surface area contributed by atoms with Crippen LogP contribution in [0.3, 0.4) is 0 Å². The number of amides is 3. The van der Waals surface area contributed by atoms with Crippen molar-refractivity contribution in [3.05, 3.63) is 70.0 Å². The minimum Gasteiger partial charge on any atom is -0.475 e. The van der Waals surface area contributed by atoms with Crippen LogP contribution in [0.15, 0.2) is 45.9 Å². The molecule has 3 amide bonds. The highest BCUT2D eigenvalue weighted by Gasteiger charge is 2.26. The number of hydrogen-bond acceptors (Lipinski definition) is 24. The molecule has 0 fully saturated rings. The van der Waals surface area contributed by atoms with Gasteiger partial charge < -0.3 is 61.9 Å². The van der Waals surface area contributed by atoms with E-state index in [9.17, 15) is 33.9 Å². The van der Waals surface area contributed by atoms with Gasteiger partial charge in [-0.1, -0.05) is 188 Å². The predicted molar refractivity (Wildman–Crippen MR) is 460 cm³/mol. The van der Waals surface area contributed by atoms with Gasteiger partial charge in [0.05, 0.1) is 6.42 Å². The average Bonchev–Trinajstić information content (AvgIpc) is 0.851. The molecule has 0 aliphatic carbocycles. The summed E-state index contributed by atoms with van der Waals surface area (Å²) in [4.78, 5) is 111. The maximum absolute atomic E-state index is 12.9. The number of aliphatic hydroxyl groups is 1. The summed E-state index contributed by atoms with van der Waals surface area (Å²) in [5.74, 6) is 2.86. The van der Waals surface area contributed by atoms with E-state index in [0.717, 1.165) is 79.9 Å². The molecule has 636 valence electrons. The van der Waals surface area contributed by atoms with Crippen LogP contribution in [0.25, 0.3) is 11.6 Å². The lowest BCUT2D eigenvalue weighted by molar-refractivity contribution is -0.123. The van der Waals surface area contributed by atoms with Gasteiger partial charge in [-0.2, -0.15) is 4.79 Å². The number of hydrogen-bond donors (Lipinski definition) is 8. The molecule has 0 aliphatic rings. The molecule has 4 heterocycles. The number of aliphatic hydroxyl groups excluding tert-OH is 1. The van der Waals surface area contributed by atoms with Gasteiger partial charge >= 0.3 is 18.0 Å². The van der Waals surface area contributed by atoms with Gasteiger partial charge in [0, 0.05) is 83.5 Å². The highest BCUT2D eigenvalue weighted by molar-refractivity contribution is 7.99. The minimum atomic E-state index is -1.18. The molecule has 4 aromatic rings. The summed E-state index contributed by atoms with van der Waals surface area (Å²) in [7, 11) is 0. The highest BCUT2D eigenvalue weighted by Crippen LogP contribution is 2.27. The summed E-state index contributed by atoms with van der Waals surface area (Å²) in [5.41, 5.74) is 8.76. The maximum Gasteiger partial charge on any atom is 0.374 e. The summed E-state index contributed by atoms with van der Waals surface area (Å²) < 4.78 is 16.0. The highest BCUT2D eigenvalue weighted by atomic mass is 35.5. The van der Waals surface area contributed by atoms with Crippen molar-refractivity contribution in [3.8, 4) is 0 Å². The Morgan fingerprint density at radius 3 is 1.17 bits per heavy atom. The SMILES string of the molecule is C=Cc1nc(Cl)cc(Cl)n1.CCCCCCCCSc1cc(N[C@@H](CC(C)C)C(=O)NCCCOCC)nc(C(=O)C=[N+]=[N-])n1.CCCCCCCCSc1cc(N[C@@H](CC(C)C)C(=O)NCCCOCC)nc(C(=O)O)n1.CCCCCCCCSc1cc(N[C@@H](CC(C)C)C(=O)NCCCOCC)nc(CC(=O)CO)n1. The van der Waals surface area contributed by atoms with Crippen LogP contribution in [0.2, 0.25) is 10.3 Å². The van der Waals surface area contributed by atoms with E-state index in [4.69, 9.17) is 48.1 Å². The van der Waals surface area contributed by atoms with Crippen LogP contribution in [-0.4, -0.2) is 198 Å². The van der Waals surface area contributed by atoms with Gasteiger partial charge in [-0.25, -0.2) is 44.7 Å². The normalized spacial score (nSPS) is 11.7. The minimum absolute atomic E-state index is 0.0327. The second-order valence-electron chi connectivity index (χ2n) is 28.1. The molecule has 27 nitrogen and oxygen atoms in total. The number of ketones is 2. The van der Waals surface area contributed by atoms with Crippen molar-refractivity contribution in [2.24, 2.45) is 17.8 Å². The van der Waals surface area contributed by atoms with E-state index in [1.54, 1.807) is 35.7 Å². The number of thioether (sulfide) groups is 3. The van der Waals surface area contributed by atoms with Crippen molar-refractivity contribution in [1.29, 1.82) is 0 Å². The molecule has 113 heavy (non-hydrogen) atoms. The number of carboxylic acid groups (broad SMARTS) is 1. The van der Waals surface area contributed by atoms with Gasteiger partial charge in [-0.3, -0.25) is 24.0 Å². The summed E-state index contributed by atoms with van der Waals surface area (Å²) >= 11 is 15.8. The van der Waals surface area contributed by atoms with Gasteiger partial charge in [0.15, 0.2) is 11.6 Å². The zero-order valence-electron chi connectivity index (χ0n) is 69.5. The Morgan fingerprint density at radius 1 is 0.487 bits per heavy atom. The molecule has 4 rings (SSSR count). The number of Topliss-reactive ketones (excluding diaryl/α,β-unsaturated/α-hetero) is 2. The average molecular weight is 1680 g/mol. The largest absolute Gasteiger partial charge is 0.475 e. The van der Waals surface area contributed by atoms with Crippen molar-refractivity contribution < 1.29 is 58.0 Å². The number of ether oxygens (including phenoxy) is 3. The number of aromatic carboxylic acids is 1. The number of carbonyl (C=O) groups excluding carboxylic acids is 5. The van der Waals surface area contributed by atoms with Gasteiger partial charge in [-0.05, 0) is 120 Å². The lowest BCUT2D eigenvalue weighted by Crippen LogP contribution is -2.41. The number of carboxylic acids is 1. The zero-order chi connectivity index (χ0) is 83.8. The van der Waals surface area contributed by atoms with Crippen LogP contribution in [0, 0.1) is 17.8 Å². The first-order chi connectivity index (χ1) is 54.4. The lowest BCUT2D eigenvalue weighted by Gasteiger charge is -2.21. The van der Waals surface area contributed by atoms with E-state index >= 15 is 0 Å². The van der Waals surface area contributed by atoms with Crippen LogP contribution in [0.1, 0.15) is 270 Å². The molecule has 0 saturated carbocycles. The van der Waals surface area contributed by atoms with Crippen molar-refractivity contribution in [1.82, 2.24) is 55.8 Å². The summed E-state index contributed by atoms with van der Waals surface area (Å²) in [5, 5.41) is 39.8. The number of anilines is 3. The molecule has 3 atom stereocenters. The Morgan fingerprint density at radius 2 is 0.832 bits per heavy atom. The van der Waals surface area contributed by atoms with Gasteiger partial charge in [0.25, 0.3) is 0 Å². The first-order valence-electron chi connectivity index (χ1n) is 40.7. The summed E-state index contributed by atoms with van der Waals surface area (Å²) in [6, 6.07) is 5.36. The van der Waals surface area contributed by atoms with Crippen LogP contribution in [-0.2, 0) is 39.8 Å². The van der Waals surface area contributed by atoms with Crippen molar-refractivity contribution >= 4 is 123 Å². The molecular formula is C81H134Cl2N16O11S3. The van der Waals surface area contributed by atoms with Gasteiger partial charge in [0.1, 0.15) is 73.4 Å². The number of nitrogens with zero attached hydrogens (tertiary/aromatic N) is 10. The fourth-order valence-electron chi connectivity index (χ4n) is 10.7. The van der Waals surface area contributed by atoms with E-state index in [0.29, 0.717) is 134 Å². The second-order valence-corrected chi connectivity index (χ2v) is 32.2. The van der Waals surface area contributed by atoms with Crippen molar-refractivity contribution in [2.45, 2.75) is 277 Å². The Bertz CT molecular complexity index is 3330. The Hall–Kier alpha value is -6.47. The number of halogens is 2. The molecule has 0 spiro atoms. The standard InChI is InChI=1S/C26H46N4O4S.C25H42N6O3S.C24H42N4O4S.C6H4Cl2N2/c1-5-7-8-9-10-11-15-35-25-18-24(29-23(30-25)17-21(32)19-31)28-22(16-20(3)4)26(33)27-13-12-14-34-6-2;1-5-7-8-9-10-11-15-35-23-17-22(30-24(31-23)21(32)18-28-26)29-20(16-19(3)4)25(33)27-13-12-14-34-6-2;1-5-7-8-9-10-11-15-33-21-17-20(27-22(28-21)24(30)31)26-19(16-18(3)4)23(29)25-13-12-14-32-6-2;1-2-6-9-4(7)3-5(8)10-6/h18,20,22,31H,5-17,19H2,1-4H3,(H,27,33)(H,28,29,30);17-20H,5-16H2,1-4H3,(H,27,33)(H,29,30,31);17-19H,5-16H2,1-4H3,(H,25,29)(H,30,31)(H,26,27,28);2-3H,1H2/t22-;20-;19-;/m000./s1. The lowest BCUT2D eigenvalue weighted by atomic mass is 10.0. The molecule has 8 N–H and O–H groups in total. The summed E-state index contributed by atoms with van der Waals surface area (Å²) in [6.07, 6.45) is 28.0. The number of carbonyl (C=O) groups is 6. The van der Waals surface area contributed by atoms with E-state index in [2.05, 4.69) is 118 Å². The smallest absolute Gasteiger partial charge is 0.374 e. The third-order valence-electron chi connectivity index (χ3n) is 16.3. The molecule has 0 radical (unpaired) electrons. The second kappa shape index (κ2) is 67.7. The Kier molecular flexibility index (Phi) is 62.6. The van der Waals surface area contributed by atoms with Crippen molar-refractivity contribution in [3.63, 3.8) is 0 Å². The monoisotopic (exact) mass is 1670 g/mol. The first-order valence-corrected chi connectivity index (χ1v) is 44.4. The number of aromatic nitrogens is 8. The van der Waals surface area contributed by atoms with E-state index in [1.165, 1.54) is 107 Å². The molecular weight excluding hydrogens is 1540 g/mol. The van der Waals surface area contributed by atoms with E-state index in [-0.39, 0.29) is 53.4 Å². The predicted octanol–water partition coefficient (Wildman–Crippen LogP) is 16.6. The number of unbranched alkanes of at least 4 members (excludes halogenated alkanes) is 15. The fraction of sp³-hybridized carbons (Fsp3) is 0.691. The summed E-state index contributed by atoms with van der Waals surface area (Å²) in [6.45, 7) is 33.1. The Labute approximate surface area is 696 Å². The topological polar surface area (TPSA) is 382 Å². The first kappa shape index (κ1) is 105. The number of nitrogens with one attached hydrogen (secondary N) is 6. The molecule has 0 unspecified atom stereocenters. The molecule has 4 aromatic heterocycles. The zero-order valence-corrected chi connectivity index (χ0v) is 73.5. The molecule has 0 saturated heterocycles. The molecule has 0 aliphatic heterocycles.